The van der Waals surface area contributed by atoms with Crippen molar-refractivity contribution in [3.8, 4) is 0 Å². The van der Waals surface area contributed by atoms with Gasteiger partial charge in [0.2, 0.25) is 0 Å². The second-order valence-corrected chi connectivity index (χ2v) is 36.4. The van der Waals surface area contributed by atoms with Gasteiger partial charge in [-0.2, -0.15) is 0 Å². The molecule has 0 aliphatic heterocycles. The van der Waals surface area contributed by atoms with Crippen molar-refractivity contribution in [2.24, 2.45) is 17.8 Å². The lowest BCUT2D eigenvalue weighted by Crippen LogP contribution is -2.30. The van der Waals surface area contributed by atoms with Crippen molar-refractivity contribution in [1.29, 1.82) is 0 Å². The van der Waals surface area contributed by atoms with Gasteiger partial charge in [0.15, 0.2) is 12.2 Å². The third-order valence-corrected chi connectivity index (χ3v) is 23.4. The molecule has 0 bridgehead atoms. The molecule has 6 atom stereocenters. The van der Waals surface area contributed by atoms with Crippen LogP contribution in [0.3, 0.4) is 0 Å². The largest absolute Gasteiger partial charge is 0.472 e. The van der Waals surface area contributed by atoms with E-state index in [1.807, 2.05) is 0 Å². The molecule has 648 valence electrons. The standard InChI is InChI=1S/C90H176O17P2/c1-8-10-11-12-13-14-15-16-17-18-19-23-26-32-37-42-50-57-64-71-87(92)100-77-85(106-89(94)73-66-59-52-43-38-33-27-24-21-20-22-25-30-35-40-47-54-61-68-81(3)4)79-104-108(96,97)102-75-84(91)76-103-109(98,99)105-80-86(78-101-88(93)72-65-58-51-46-45-48-55-62-69-82(5)6)107-90(95)74-67-60-53-44-39-34-29-28-31-36-41-49-56-63-70-83(7)9-2/h81-86,91H,8-80H2,1-7H3,(H,96,97)(H,98,99)/t83?,84-,85-,86-/m1/s1. The number of carbonyl (C=O) groups is 4. The van der Waals surface area contributed by atoms with Gasteiger partial charge in [0.25, 0.3) is 0 Å². The third kappa shape index (κ3) is 82.4. The van der Waals surface area contributed by atoms with Crippen molar-refractivity contribution in [3.05, 3.63) is 0 Å². The van der Waals surface area contributed by atoms with Crippen LogP contribution in [0.1, 0.15) is 479 Å². The SMILES string of the molecule is CCCCCCCCCCCCCCCCCCCCCC(=O)OC[C@H](COP(=O)(O)OC[C@@H](O)COP(=O)(O)OC[C@@H](COC(=O)CCCCCCCCCCC(C)C)OC(=O)CCCCCCCCCCCCCCCCC(C)CC)OC(=O)CCCCCCCCCCCCCCCCCCCCC(C)C. The van der Waals surface area contributed by atoms with Gasteiger partial charge in [-0.1, -0.05) is 427 Å². The van der Waals surface area contributed by atoms with Crippen molar-refractivity contribution >= 4 is 39.5 Å². The second-order valence-electron chi connectivity index (χ2n) is 33.5. The number of unbranched alkanes of at least 4 members (excludes halogenated alkanes) is 55. The Balaban J connectivity index is 5.24. The van der Waals surface area contributed by atoms with Gasteiger partial charge in [-0.25, -0.2) is 9.13 Å². The first kappa shape index (κ1) is 107. The quantitative estimate of drug-likeness (QED) is 0.0222. The van der Waals surface area contributed by atoms with Crippen LogP contribution in [0.5, 0.6) is 0 Å². The van der Waals surface area contributed by atoms with Gasteiger partial charge < -0.3 is 33.8 Å². The van der Waals surface area contributed by atoms with Crippen LogP contribution >= 0.6 is 15.6 Å². The van der Waals surface area contributed by atoms with E-state index in [2.05, 4.69) is 48.5 Å². The Bertz CT molecular complexity index is 2100. The first-order valence-corrected chi connectivity index (χ1v) is 49.4. The zero-order valence-electron chi connectivity index (χ0n) is 72.0. The molecule has 0 amide bonds. The summed E-state index contributed by atoms with van der Waals surface area (Å²) in [7, 11) is -9.94. The fraction of sp³-hybridized carbons (Fsp3) is 0.956. The van der Waals surface area contributed by atoms with Gasteiger partial charge in [0.05, 0.1) is 26.4 Å². The summed E-state index contributed by atoms with van der Waals surface area (Å²) in [5.74, 6) is 0.292. The summed E-state index contributed by atoms with van der Waals surface area (Å²) in [5.41, 5.74) is 0. The highest BCUT2D eigenvalue weighted by atomic mass is 31.2. The third-order valence-electron chi connectivity index (χ3n) is 21.5. The Morgan fingerprint density at radius 2 is 0.468 bits per heavy atom. The normalized spacial score (nSPS) is 14.1. The van der Waals surface area contributed by atoms with Crippen LogP contribution in [-0.2, 0) is 65.4 Å². The molecule has 0 aromatic heterocycles. The van der Waals surface area contributed by atoms with E-state index in [4.69, 9.17) is 37.0 Å². The number of rotatable bonds is 88. The molecule has 0 saturated carbocycles. The lowest BCUT2D eigenvalue weighted by atomic mass is 9.99. The van der Waals surface area contributed by atoms with Gasteiger partial charge in [-0.05, 0) is 43.4 Å². The Morgan fingerprint density at radius 1 is 0.266 bits per heavy atom. The van der Waals surface area contributed by atoms with Crippen molar-refractivity contribution in [3.63, 3.8) is 0 Å². The van der Waals surface area contributed by atoms with E-state index < -0.39 is 97.5 Å². The first-order chi connectivity index (χ1) is 52.8. The van der Waals surface area contributed by atoms with Crippen LogP contribution < -0.4 is 0 Å². The van der Waals surface area contributed by atoms with E-state index in [0.717, 1.165) is 108 Å². The monoisotopic (exact) mass is 1590 g/mol. The molecule has 0 fully saturated rings. The highest BCUT2D eigenvalue weighted by molar-refractivity contribution is 7.47. The lowest BCUT2D eigenvalue weighted by Gasteiger charge is -2.21. The van der Waals surface area contributed by atoms with Gasteiger partial charge in [-0.3, -0.25) is 37.3 Å². The number of aliphatic hydroxyl groups excluding tert-OH is 1. The molecule has 0 radical (unpaired) electrons. The summed E-state index contributed by atoms with van der Waals surface area (Å²) in [4.78, 5) is 73.4. The van der Waals surface area contributed by atoms with E-state index in [1.165, 1.54) is 289 Å². The summed E-state index contributed by atoms with van der Waals surface area (Å²) < 4.78 is 69.0. The molecule has 0 spiro atoms. The molecular weight excluding hydrogens is 1410 g/mol. The molecule has 109 heavy (non-hydrogen) atoms. The summed E-state index contributed by atoms with van der Waals surface area (Å²) >= 11 is 0. The molecule has 17 nitrogen and oxygen atoms in total. The van der Waals surface area contributed by atoms with E-state index in [-0.39, 0.29) is 25.7 Å². The minimum Gasteiger partial charge on any atom is -0.462 e. The zero-order chi connectivity index (χ0) is 80.0. The Hall–Kier alpha value is -1.94. The molecule has 0 aliphatic rings. The molecule has 0 saturated heterocycles. The predicted molar refractivity (Wildman–Crippen MR) is 451 cm³/mol. The fourth-order valence-electron chi connectivity index (χ4n) is 14.0. The maximum atomic E-state index is 13.2. The van der Waals surface area contributed by atoms with Crippen LogP contribution in [0, 0.1) is 17.8 Å². The minimum absolute atomic E-state index is 0.107. The molecule has 19 heteroatoms. The molecule has 0 aliphatic carbocycles. The van der Waals surface area contributed by atoms with Gasteiger partial charge in [0.1, 0.15) is 19.3 Å². The number of phosphoric acid groups is 2. The Morgan fingerprint density at radius 3 is 0.697 bits per heavy atom. The highest BCUT2D eigenvalue weighted by Crippen LogP contribution is 2.45. The summed E-state index contributed by atoms with van der Waals surface area (Å²) in [6, 6.07) is 0. The number of hydrogen-bond donors (Lipinski definition) is 3. The van der Waals surface area contributed by atoms with Crippen LogP contribution in [-0.4, -0.2) is 96.7 Å². The van der Waals surface area contributed by atoms with Crippen molar-refractivity contribution < 1.29 is 80.2 Å². The molecule has 0 heterocycles. The molecule has 3 N–H and O–H groups in total. The Kier molecular flexibility index (Phi) is 78.5. The Labute approximate surface area is 670 Å². The smallest absolute Gasteiger partial charge is 0.462 e. The number of aliphatic hydroxyl groups is 1. The van der Waals surface area contributed by atoms with Crippen molar-refractivity contribution in [2.75, 3.05) is 39.6 Å². The van der Waals surface area contributed by atoms with Crippen molar-refractivity contribution in [2.45, 2.75) is 497 Å². The van der Waals surface area contributed by atoms with E-state index in [1.54, 1.807) is 0 Å². The number of phosphoric ester groups is 2. The van der Waals surface area contributed by atoms with Crippen molar-refractivity contribution in [1.82, 2.24) is 0 Å². The summed E-state index contributed by atoms with van der Waals surface area (Å²) in [5, 5.41) is 10.7. The minimum atomic E-state index is -4.97. The topological polar surface area (TPSA) is 237 Å². The molecule has 0 aromatic carbocycles. The van der Waals surface area contributed by atoms with Crippen LogP contribution in [0.2, 0.25) is 0 Å². The average molecular weight is 1590 g/mol. The van der Waals surface area contributed by atoms with E-state index >= 15 is 0 Å². The maximum Gasteiger partial charge on any atom is 0.472 e. The zero-order valence-corrected chi connectivity index (χ0v) is 73.8. The maximum absolute atomic E-state index is 13.2. The molecule has 0 rings (SSSR count). The second kappa shape index (κ2) is 79.9. The summed E-state index contributed by atoms with van der Waals surface area (Å²) in [6.07, 6.45) is 72.3. The van der Waals surface area contributed by atoms with Crippen LogP contribution in [0.25, 0.3) is 0 Å². The number of ether oxygens (including phenoxy) is 4. The number of carbonyl (C=O) groups excluding carboxylic acids is 4. The molecular formula is C90H176O17P2. The average Bonchev–Trinajstić information content (AvgIpc) is 0.901. The summed E-state index contributed by atoms with van der Waals surface area (Å²) in [6.45, 7) is 12.1. The highest BCUT2D eigenvalue weighted by Gasteiger charge is 2.31. The van der Waals surface area contributed by atoms with Gasteiger partial charge in [0, 0.05) is 25.7 Å². The number of esters is 4. The first-order valence-electron chi connectivity index (χ1n) is 46.4. The number of hydrogen-bond acceptors (Lipinski definition) is 15. The van der Waals surface area contributed by atoms with E-state index in [0.29, 0.717) is 25.7 Å². The fourth-order valence-corrected chi connectivity index (χ4v) is 15.6. The van der Waals surface area contributed by atoms with Crippen LogP contribution in [0.15, 0.2) is 0 Å². The van der Waals surface area contributed by atoms with Gasteiger partial charge in [-0.15, -0.1) is 0 Å². The van der Waals surface area contributed by atoms with Gasteiger partial charge >= 0.3 is 39.5 Å². The lowest BCUT2D eigenvalue weighted by molar-refractivity contribution is -0.161. The van der Waals surface area contributed by atoms with Crippen LogP contribution in [0.4, 0.5) is 0 Å². The predicted octanol–water partition coefficient (Wildman–Crippen LogP) is 27.6. The molecule has 0 aromatic rings. The molecule has 3 unspecified atom stereocenters. The van der Waals surface area contributed by atoms with E-state index in [9.17, 15) is 43.2 Å².